The summed E-state index contributed by atoms with van der Waals surface area (Å²) in [7, 11) is -3.34. The van der Waals surface area contributed by atoms with Gasteiger partial charge in [0.2, 0.25) is 0 Å². The molecule has 1 fully saturated rings. The Labute approximate surface area is 66.3 Å². The molecule has 3 nitrogen and oxygen atoms in total. The van der Waals surface area contributed by atoms with E-state index < -0.39 is 7.60 Å². The molecule has 1 aliphatic rings. The van der Waals surface area contributed by atoms with Gasteiger partial charge in [0.25, 0.3) is 0 Å². The predicted molar refractivity (Wildman–Crippen MR) is 42.1 cm³/mol. The molecule has 0 saturated carbocycles. The Kier molecular flexibility index (Phi) is 2.39. The maximum atomic E-state index is 11.0. The van der Waals surface area contributed by atoms with E-state index in [9.17, 15) is 4.57 Å². The van der Waals surface area contributed by atoms with Crippen LogP contribution in [0.5, 0.6) is 0 Å². The van der Waals surface area contributed by atoms with E-state index >= 15 is 0 Å². The fourth-order valence-electron chi connectivity index (χ4n) is 1.05. The summed E-state index contributed by atoms with van der Waals surface area (Å²) in [5.41, 5.74) is 0. The SMILES string of the molecule is C#CC1CP(=O)(O)OCC1C. The van der Waals surface area contributed by atoms with E-state index in [1.54, 1.807) is 0 Å². The molecule has 1 rings (SSSR count). The molecule has 1 saturated heterocycles. The molecule has 4 heteroatoms. The molecule has 0 spiro atoms. The lowest BCUT2D eigenvalue weighted by Crippen LogP contribution is -2.24. The molecule has 0 bridgehead atoms. The molecule has 1 N–H and O–H groups in total. The minimum absolute atomic E-state index is 0.102. The third kappa shape index (κ3) is 2.07. The highest BCUT2D eigenvalue weighted by molar-refractivity contribution is 7.52. The minimum atomic E-state index is -3.34. The van der Waals surface area contributed by atoms with Crippen LogP contribution in [-0.2, 0) is 9.09 Å². The first kappa shape index (κ1) is 8.80. The van der Waals surface area contributed by atoms with Gasteiger partial charge < -0.3 is 9.42 Å². The summed E-state index contributed by atoms with van der Waals surface area (Å²) in [6.45, 7) is 2.21. The zero-order valence-electron chi connectivity index (χ0n) is 6.36. The standard InChI is InChI=1S/C7H11O3P/c1-3-7-5-11(8,9)10-4-6(7)2/h1,6-7H,4-5H2,2H3,(H,8,9). The first-order valence-electron chi connectivity index (χ1n) is 3.47. The molecule has 62 valence electrons. The van der Waals surface area contributed by atoms with Crippen molar-refractivity contribution >= 4 is 7.60 Å². The van der Waals surface area contributed by atoms with Crippen LogP contribution in [0.25, 0.3) is 0 Å². The molecule has 0 amide bonds. The van der Waals surface area contributed by atoms with E-state index in [4.69, 9.17) is 15.8 Å². The predicted octanol–water partition coefficient (Wildman–Crippen LogP) is 1.09. The summed E-state index contributed by atoms with van der Waals surface area (Å²) >= 11 is 0. The molecule has 1 aliphatic heterocycles. The Morgan fingerprint density at radius 2 is 2.45 bits per heavy atom. The molecular weight excluding hydrogens is 163 g/mol. The van der Waals surface area contributed by atoms with Crippen molar-refractivity contribution in [2.75, 3.05) is 12.8 Å². The van der Waals surface area contributed by atoms with E-state index in [-0.39, 0.29) is 18.0 Å². The maximum absolute atomic E-state index is 11.0. The normalized spacial score (nSPS) is 44.8. The summed E-state index contributed by atoms with van der Waals surface area (Å²) in [6, 6.07) is 0. The van der Waals surface area contributed by atoms with Crippen molar-refractivity contribution in [3.05, 3.63) is 0 Å². The van der Waals surface area contributed by atoms with Gasteiger partial charge in [-0.05, 0) is 5.92 Å². The zero-order chi connectivity index (χ0) is 8.48. The van der Waals surface area contributed by atoms with Crippen molar-refractivity contribution in [2.24, 2.45) is 11.8 Å². The molecule has 3 atom stereocenters. The van der Waals surface area contributed by atoms with Crippen LogP contribution in [0.3, 0.4) is 0 Å². The average molecular weight is 174 g/mol. The molecule has 11 heavy (non-hydrogen) atoms. The summed E-state index contributed by atoms with van der Waals surface area (Å²) in [5.74, 6) is 2.57. The third-order valence-electron chi connectivity index (χ3n) is 1.87. The van der Waals surface area contributed by atoms with Crippen LogP contribution in [0.2, 0.25) is 0 Å². The lowest BCUT2D eigenvalue weighted by atomic mass is 9.98. The Hall–Kier alpha value is -0.290. The van der Waals surface area contributed by atoms with Crippen molar-refractivity contribution in [1.82, 2.24) is 0 Å². The lowest BCUT2D eigenvalue weighted by Gasteiger charge is -2.27. The molecule has 0 aromatic carbocycles. The topological polar surface area (TPSA) is 46.5 Å². The van der Waals surface area contributed by atoms with Crippen LogP contribution in [0.1, 0.15) is 6.92 Å². The highest BCUT2D eigenvalue weighted by Gasteiger charge is 2.33. The van der Waals surface area contributed by atoms with Crippen LogP contribution in [0.4, 0.5) is 0 Å². The number of hydrogen-bond donors (Lipinski definition) is 1. The van der Waals surface area contributed by atoms with E-state index in [0.29, 0.717) is 6.61 Å². The first-order chi connectivity index (χ1) is 5.05. The smallest absolute Gasteiger partial charge is 0.324 e. The van der Waals surface area contributed by atoms with Crippen LogP contribution >= 0.6 is 7.60 Å². The van der Waals surface area contributed by atoms with Gasteiger partial charge in [-0.15, -0.1) is 12.3 Å². The van der Waals surface area contributed by atoms with Gasteiger partial charge >= 0.3 is 7.60 Å². The molecule has 1 heterocycles. The molecule has 0 aliphatic carbocycles. The zero-order valence-corrected chi connectivity index (χ0v) is 7.25. The lowest BCUT2D eigenvalue weighted by molar-refractivity contribution is 0.175. The quantitative estimate of drug-likeness (QED) is 0.441. The second kappa shape index (κ2) is 2.98. The van der Waals surface area contributed by atoms with E-state index in [0.717, 1.165) is 0 Å². The molecule has 0 aromatic heterocycles. The monoisotopic (exact) mass is 174 g/mol. The second-order valence-electron chi connectivity index (χ2n) is 2.87. The van der Waals surface area contributed by atoms with Crippen LogP contribution < -0.4 is 0 Å². The van der Waals surface area contributed by atoms with Crippen LogP contribution in [0, 0.1) is 24.2 Å². The van der Waals surface area contributed by atoms with Gasteiger partial charge in [0, 0.05) is 5.92 Å². The Morgan fingerprint density at radius 3 is 2.91 bits per heavy atom. The minimum Gasteiger partial charge on any atom is -0.324 e. The van der Waals surface area contributed by atoms with Crippen LogP contribution in [-0.4, -0.2) is 17.7 Å². The summed E-state index contributed by atoms with van der Waals surface area (Å²) in [6.07, 6.45) is 5.28. The van der Waals surface area contributed by atoms with Gasteiger partial charge in [0.15, 0.2) is 0 Å². The van der Waals surface area contributed by atoms with Gasteiger partial charge in [0.1, 0.15) is 0 Å². The summed E-state index contributed by atoms with van der Waals surface area (Å²) in [5, 5.41) is 0. The van der Waals surface area contributed by atoms with Gasteiger partial charge in [-0.3, -0.25) is 4.57 Å². The Morgan fingerprint density at radius 1 is 1.82 bits per heavy atom. The average Bonchev–Trinajstić information content (AvgIpc) is 1.94. The van der Waals surface area contributed by atoms with Crippen LogP contribution in [0.15, 0.2) is 0 Å². The second-order valence-corrected chi connectivity index (χ2v) is 4.76. The number of hydrogen-bond acceptors (Lipinski definition) is 2. The molecular formula is C7H11O3P. The van der Waals surface area contributed by atoms with Crippen molar-refractivity contribution in [1.29, 1.82) is 0 Å². The first-order valence-corrected chi connectivity index (χ1v) is 5.24. The van der Waals surface area contributed by atoms with E-state index in [1.807, 2.05) is 6.92 Å². The van der Waals surface area contributed by atoms with Crippen molar-refractivity contribution < 1.29 is 14.0 Å². The maximum Gasteiger partial charge on any atom is 0.329 e. The van der Waals surface area contributed by atoms with Gasteiger partial charge in [0.05, 0.1) is 12.8 Å². The molecule has 3 unspecified atom stereocenters. The fourth-order valence-corrected chi connectivity index (χ4v) is 2.58. The van der Waals surface area contributed by atoms with Gasteiger partial charge in [-0.2, -0.15) is 0 Å². The van der Waals surface area contributed by atoms with Gasteiger partial charge in [-0.25, -0.2) is 0 Å². The highest BCUT2D eigenvalue weighted by Crippen LogP contribution is 2.49. The summed E-state index contributed by atoms with van der Waals surface area (Å²) < 4.78 is 15.7. The fraction of sp³-hybridized carbons (Fsp3) is 0.714. The number of terminal acetylenes is 1. The van der Waals surface area contributed by atoms with Crippen molar-refractivity contribution in [3.8, 4) is 12.3 Å². The third-order valence-corrected chi connectivity index (χ3v) is 3.27. The van der Waals surface area contributed by atoms with E-state index in [1.165, 1.54) is 0 Å². The highest BCUT2D eigenvalue weighted by atomic mass is 31.2. The van der Waals surface area contributed by atoms with Gasteiger partial charge in [-0.1, -0.05) is 6.92 Å². The van der Waals surface area contributed by atoms with Crippen molar-refractivity contribution in [3.63, 3.8) is 0 Å². The Balaban J connectivity index is 2.68. The van der Waals surface area contributed by atoms with Crippen molar-refractivity contribution in [2.45, 2.75) is 6.92 Å². The number of rotatable bonds is 0. The molecule has 0 radical (unpaired) electrons. The molecule has 0 aromatic rings. The largest absolute Gasteiger partial charge is 0.329 e. The summed E-state index contributed by atoms with van der Waals surface area (Å²) in [4.78, 5) is 9.03. The Bertz CT molecular complexity index is 230. The van der Waals surface area contributed by atoms with E-state index in [2.05, 4.69) is 5.92 Å².